The molecule has 0 aromatic carbocycles. The highest BCUT2D eigenvalue weighted by atomic mass is 19.4. The Kier molecular flexibility index (Phi) is 5.49. The van der Waals surface area contributed by atoms with E-state index in [2.05, 4.69) is 19.2 Å². The van der Waals surface area contributed by atoms with E-state index in [1.165, 1.54) is 0 Å². The van der Waals surface area contributed by atoms with Crippen molar-refractivity contribution in [2.45, 2.75) is 19.7 Å². The van der Waals surface area contributed by atoms with Crippen molar-refractivity contribution >= 4 is 11.7 Å². The van der Waals surface area contributed by atoms with Crippen LogP contribution in [0.1, 0.15) is 12.6 Å². The minimum absolute atomic E-state index is 0.0643. The lowest BCUT2D eigenvalue weighted by Gasteiger charge is -2.11. The summed E-state index contributed by atoms with van der Waals surface area (Å²) in [4.78, 5) is 24.4. The molecule has 1 heterocycles. The molecule has 0 unspecified atom stereocenters. The summed E-state index contributed by atoms with van der Waals surface area (Å²) in [6, 6.07) is 0.971. The van der Waals surface area contributed by atoms with Gasteiger partial charge in [0.25, 0.3) is 0 Å². The number of pyridine rings is 1. The molecule has 8 nitrogen and oxygen atoms in total. The van der Waals surface area contributed by atoms with E-state index >= 15 is 0 Å². The molecule has 0 radical (unpaired) electrons. The molecule has 1 aromatic heterocycles. The monoisotopic (exact) mass is 324 g/mol. The average Bonchev–Trinajstić information content (AvgIpc) is 2.35. The van der Waals surface area contributed by atoms with E-state index in [0.29, 0.717) is 0 Å². The minimum Gasteiger partial charge on any atom is -0.490 e. The Labute approximate surface area is 121 Å². The molecule has 0 atom stereocenters. The first-order chi connectivity index (χ1) is 10.2. The van der Waals surface area contributed by atoms with Crippen molar-refractivity contribution in [3.63, 3.8) is 0 Å². The largest absolute Gasteiger partial charge is 0.574 e. The van der Waals surface area contributed by atoms with Crippen LogP contribution in [0.25, 0.3) is 0 Å². The number of nitrogens with zero attached hydrogens (tertiary/aromatic N) is 2. The first-order valence-electron chi connectivity index (χ1n) is 5.81. The van der Waals surface area contributed by atoms with E-state index in [4.69, 9.17) is 0 Å². The third-order valence-corrected chi connectivity index (χ3v) is 2.22. The molecule has 122 valence electrons. The maximum Gasteiger partial charge on any atom is 0.574 e. The van der Waals surface area contributed by atoms with Gasteiger partial charge in [0.2, 0.25) is 5.75 Å². The van der Waals surface area contributed by atoms with Crippen LogP contribution in [0.15, 0.2) is 6.07 Å². The van der Waals surface area contributed by atoms with Crippen LogP contribution in [0.2, 0.25) is 0 Å². The van der Waals surface area contributed by atoms with Crippen LogP contribution in [-0.4, -0.2) is 36.0 Å². The van der Waals surface area contributed by atoms with Gasteiger partial charge in [0.15, 0.2) is 0 Å². The molecule has 1 rings (SSSR count). The van der Waals surface area contributed by atoms with E-state index in [0.717, 1.165) is 13.2 Å². The van der Waals surface area contributed by atoms with Crippen molar-refractivity contribution in [1.82, 2.24) is 4.98 Å². The zero-order chi connectivity index (χ0) is 16.9. The smallest absolute Gasteiger partial charge is 0.490 e. The standard InChI is InChI=1S/C11H11F3N2O6/c1-3-21-8(17)5-6-4-7(20-2)9(16(18)19)10(15-6)22-11(12,13)14/h4H,3,5H2,1-2H3. The van der Waals surface area contributed by atoms with Gasteiger partial charge in [0.05, 0.1) is 30.8 Å². The Bertz CT molecular complexity index is 576. The quantitative estimate of drug-likeness (QED) is 0.448. The highest BCUT2D eigenvalue weighted by molar-refractivity contribution is 5.72. The predicted octanol–water partition coefficient (Wildman–Crippen LogP) is 2.00. The summed E-state index contributed by atoms with van der Waals surface area (Å²) >= 11 is 0. The molecule has 0 N–H and O–H groups in total. The summed E-state index contributed by atoms with van der Waals surface area (Å²) in [5.41, 5.74) is -1.31. The van der Waals surface area contributed by atoms with Gasteiger partial charge < -0.3 is 14.2 Å². The van der Waals surface area contributed by atoms with Crippen molar-refractivity contribution in [3.8, 4) is 11.6 Å². The second-order valence-corrected chi connectivity index (χ2v) is 3.76. The van der Waals surface area contributed by atoms with Crippen LogP contribution in [0.5, 0.6) is 11.6 Å². The van der Waals surface area contributed by atoms with E-state index < -0.39 is 41.0 Å². The second kappa shape index (κ2) is 6.91. The second-order valence-electron chi connectivity index (χ2n) is 3.76. The van der Waals surface area contributed by atoms with Crippen LogP contribution >= 0.6 is 0 Å². The van der Waals surface area contributed by atoms with E-state index in [1.807, 2.05) is 0 Å². The summed E-state index contributed by atoms with van der Waals surface area (Å²) < 4.78 is 49.8. The van der Waals surface area contributed by atoms with Crippen molar-refractivity contribution in [2.75, 3.05) is 13.7 Å². The van der Waals surface area contributed by atoms with Crippen molar-refractivity contribution < 1.29 is 37.1 Å². The van der Waals surface area contributed by atoms with E-state index in [1.54, 1.807) is 6.92 Å². The van der Waals surface area contributed by atoms with Crippen molar-refractivity contribution in [2.24, 2.45) is 0 Å². The number of rotatable bonds is 6. The van der Waals surface area contributed by atoms with Gasteiger partial charge in [-0.05, 0) is 6.92 Å². The van der Waals surface area contributed by atoms with Crippen LogP contribution in [0.3, 0.4) is 0 Å². The van der Waals surface area contributed by atoms with Gasteiger partial charge in [-0.15, -0.1) is 13.2 Å². The van der Waals surface area contributed by atoms with Gasteiger partial charge in [-0.2, -0.15) is 0 Å². The summed E-state index contributed by atoms with van der Waals surface area (Å²) in [5.74, 6) is -2.58. The number of hydrogen-bond acceptors (Lipinski definition) is 7. The number of nitro groups is 1. The highest BCUT2D eigenvalue weighted by Crippen LogP contribution is 2.38. The molecule has 0 bridgehead atoms. The van der Waals surface area contributed by atoms with E-state index in [-0.39, 0.29) is 12.3 Å². The Hall–Kier alpha value is -2.59. The van der Waals surface area contributed by atoms with Gasteiger partial charge in [0, 0.05) is 6.07 Å². The molecular weight excluding hydrogens is 313 g/mol. The van der Waals surface area contributed by atoms with E-state index in [9.17, 15) is 28.1 Å². The zero-order valence-corrected chi connectivity index (χ0v) is 11.5. The van der Waals surface area contributed by atoms with Gasteiger partial charge in [-0.3, -0.25) is 14.9 Å². The lowest BCUT2D eigenvalue weighted by atomic mass is 10.2. The molecular formula is C11H11F3N2O6. The lowest BCUT2D eigenvalue weighted by molar-refractivity contribution is -0.390. The Balaban J connectivity index is 3.30. The SMILES string of the molecule is CCOC(=O)Cc1cc(OC)c([N+](=O)[O-])c(OC(F)(F)F)n1. The molecule has 22 heavy (non-hydrogen) atoms. The molecule has 0 amide bonds. The molecule has 0 aliphatic heterocycles. The fourth-order valence-corrected chi connectivity index (χ4v) is 1.50. The highest BCUT2D eigenvalue weighted by Gasteiger charge is 2.37. The fourth-order valence-electron chi connectivity index (χ4n) is 1.50. The normalized spacial score (nSPS) is 11.0. The van der Waals surface area contributed by atoms with Crippen LogP contribution in [-0.2, 0) is 16.0 Å². The molecule has 0 aliphatic carbocycles. The number of halogens is 3. The van der Waals surface area contributed by atoms with Gasteiger partial charge >= 0.3 is 23.9 Å². The first-order valence-corrected chi connectivity index (χ1v) is 5.81. The third kappa shape index (κ3) is 4.75. The Morgan fingerprint density at radius 3 is 2.55 bits per heavy atom. The van der Waals surface area contributed by atoms with Gasteiger partial charge in [-0.1, -0.05) is 0 Å². The van der Waals surface area contributed by atoms with Crippen molar-refractivity contribution in [1.29, 1.82) is 0 Å². The van der Waals surface area contributed by atoms with Crippen LogP contribution < -0.4 is 9.47 Å². The van der Waals surface area contributed by atoms with Gasteiger partial charge in [-0.25, -0.2) is 4.98 Å². The Morgan fingerprint density at radius 2 is 2.09 bits per heavy atom. The summed E-state index contributed by atoms with van der Waals surface area (Å²) in [6.07, 6.45) is -5.68. The lowest BCUT2D eigenvalue weighted by Crippen LogP contribution is -2.20. The number of alkyl halides is 3. The summed E-state index contributed by atoms with van der Waals surface area (Å²) in [5, 5.41) is 10.9. The number of ether oxygens (including phenoxy) is 3. The number of hydrogen-bond donors (Lipinski definition) is 0. The number of carbonyl (C=O) groups is 1. The number of esters is 1. The maximum atomic E-state index is 12.3. The fraction of sp³-hybridized carbons (Fsp3) is 0.455. The molecule has 0 spiro atoms. The number of carbonyl (C=O) groups excluding carboxylic acids is 1. The molecule has 0 aliphatic rings. The summed E-state index contributed by atoms with van der Waals surface area (Å²) in [6.45, 7) is 1.61. The molecule has 0 saturated heterocycles. The molecule has 11 heteroatoms. The van der Waals surface area contributed by atoms with Gasteiger partial charge in [0.1, 0.15) is 0 Å². The Morgan fingerprint density at radius 1 is 1.45 bits per heavy atom. The first kappa shape index (κ1) is 17.5. The third-order valence-electron chi connectivity index (χ3n) is 2.22. The molecule has 1 aromatic rings. The molecule has 0 fully saturated rings. The zero-order valence-electron chi connectivity index (χ0n) is 11.5. The average molecular weight is 324 g/mol. The molecule has 0 saturated carbocycles. The maximum absolute atomic E-state index is 12.3. The predicted molar refractivity (Wildman–Crippen MR) is 64.5 cm³/mol. The van der Waals surface area contributed by atoms with Crippen molar-refractivity contribution in [3.05, 3.63) is 21.9 Å². The summed E-state index contributed by atoms with van der Waals surface area (Å²) in [7, 11) is 1.02. The number of aromatic nitrogens is 1. The number of methoxy groups -OCH3 is 1. The minimum atomic E-state index is -5.19. The van der Waals surface area contributed by atoms with Crippen LogP contribution in [0, 0.1) is 10.1 Å². The van der Waals surface area contributed by atoms with Crippen LogP contribution in [0.4, 0.5) is 18.9 Å². The topological polar surface area (TPSA) is 101 Å².